The second kappa shape index (κ2) is 12.3. The molecule has 218 valence electrons. The van der Waals surface area contributed by atoms with Gasteiger partial charge in [0.15, 0.2) is 5.82 Å². The molecule has 0 unspecified atom stereocenters. The average molecular weight is 587 g/mol. The molecular formula is C32H25F3N4O4. The number of aromatic nitrogens is 3. The van der Waals surface area contributed by atoms with E-state index in [1.807, 2.05) is 10.6 Å². The molecule has 0 fully saturated rings. The summed E-state index contributed by atoms with van der Waals surface area (Å²) in [5.41, 5.74) is 3.22. The molecule has 5 rings (SSSR count). The van der Waals surface area contributed by atoms with Crippen molar-refractivity contribution in [2.24, 2.45) is 0 Å². The van der Waals surface area contributed by atoms with Crippen molar-refractivity contribution in [3.63, 3.8) is 0 Å². The Hall–Kier alpha value is -5.21. The number of carbonyl (C=O) groups is 1. The Morgan fingerprint density at radius 1 is 0.977 bits per heavy atom. The highest BCUT2D eigenvalue weighted by Crippen LogP contribution is 2.29. The normalized spacial score (nSPS) is 11.1. The molecule has 3 aromatic carbocycles. The van der Waals surface area contributed by atoms with Crippen molar-refractivity contribution in [3.8, 4) is 23.2 Å². The maximum Gasteiger partial charge on any atom is 0.335 e. The van der Waals surface area contributed by atoms with Crippen LogP contribution in [0.1, 0.15) is 38.4 Å². The van der Waals surface area contributed by atoms with Crippen molar-refractivity contribution in [2.75, 3.05) is 13.7 Å². The number of nitrogens with zero attached hydrogens (tertiary/aromatic N) is 4. The third-order valence-corrected chi connectivity index (χ3v) is 7.00. The van der Waals surface area contributed by atoms with E-state index in [1.54, 1.807) is 32.2 Å². The number of halogens is 3. The lowest BCUT2D eigenvalue weighted by atomic mass is 9.99. The first-order valence-electron chi connectivity index (χ1n) is 13.2. The van der Waals surface area contributed by atoms with Crippen LogP contribution in [0.5, 0.6) is 5.88 Å². The fraction of sp³-hybridized carbons (Fsp3) is 0.188. The van der Waals surface area contributed by atoms with Gasteiger partial charge in [-0.3, -0.25) is 0 Å². The molecule has 2 heterocycles. The molecule has 0 saturated carbocycles. The first-order chi connectivity index (χ1) is 20.7. The predicted molar refractivity (Wildman–Crippen MR) is 151 cm³/mol. The van der Waals surface area contributed by atoms with Crippen molar-refractivity contribution >= 4 is 17.0 Å². The molecule has 0 radical (unpaired) electrons. The molecule has 5 aromatic rings. The number of pyridine rings is 1. The molecule has 1 N–H and O–H groups in total. The van der Waals surface area contributed by atoms with E-state index in [4.69, 9.17) is 14.7 Å². The van der Waals surface area contributed by atoms with E-state index in [2.05, 4.69) is 9.97 Å². The molecule has 0 aliphatic carbocycles. The molecule has 0 aliphatic rings. The topological polar surface area (TPSA) is 110 Å². The van der Waals surface area contributed by atoms with E-state index in [-0.39, 0.29) is 41.0 Å². The van der Waals surface area contributed by atoms with Crippen molar-refractivity contribution in [1.82, 2.24) is 14.5 Å². The summed E-state index contributed by atoms with van der Waals surface area (Å²) in [6.45, 7) is 2.24. The number of ether oxygens (including phenoxy) is 2. The molecule has 0 saturated heterocycles. The first-order valence-corrected chi connectivity index (χ1v) is 13.2. The van der Waals surface area contributed by atoms with Crippen LogP contribution in [0.25, 0.3) is 22.3 Å². The fourth-order valence-corrected chi connectivity index (χ4v) is 4.71. The minimum atomic E-state index is -1.05. The van der Waals surface area contributed by atoms with Gasteiger partial charge in [0.1, 0.15) is 24.1 Å². The van der Waals surface area contributed by atoms with Crippen molar-refractivity contribution in [2.45, 2.75) is 26.5 Å². The zero-order valence-electron chi connectivity index (χ0n) is 23.2. The second-order valence-corrected chi connectivity index (χ2v) is 9.81. The summed E-state index contributed by atoms with van der Waals surface area (Å²) in [5.74, 6) is -2.94. The number of rotatable bonds is 10. The first kappa shape index (κ1) is 29.3. The molecule has 0 aliphatic heterocycles. The maximum atomic E-state index is 15.5. The number of aryl methyl sites for hydroxylation is 1. The summed E-state index contributed by atoms with van der Waals surface area (Å²) in [5, 5.41) is 18.3. The quantitative estimate of drug-likeness (QED) is 0.207. The van der Waals surface area contributed by atoms with Gasteiger partial charge in [0.05, 0.1) is 40.5 Å². The van der Waals surface area contributed by atoms with Crippen LogP contribution in [0.2, 0.25) is 0 Å². The zero-order valence-corrected chi connectivity index (χ0v) is 23.2. The monoisotopic (exact) mass is 586 g/mol. The molecule has 0 bridgehead atoms. The summed E-state index contributed by atoms with van der Waals surface area (Å²) < 4.78 is 56.8. The molecule has 8 nitrogen and oxygen atoms in total. The van der Waals surface area contributed by atoms with Crippen LogP contribution in [0.3, 0.4) is 0 Å². The summed E-state index contributed by atoms with van der Waals surface area (Å²) in [4.78, 5) is 20.3. The van der Waals surface area contributed by atoms with E-state index in [0.29, 0.717) is 35.6 Å². The Labute approximate surface area is 244 Å². The summed E-state index contributed by atoms with van der Waals surface area (Å²) in [7, 11) is 1.56. The largest absolute Gasteiger partial charge is 0.478 e. The van der Waals surface area contributed by atoms with Crippen LogP contribution in [0.15, 0.2) is 60.7 Å². The Morgan fingerprint density at radius 2 is 1.79 bits per heavy atom. The van der Waals surface area contributed by atoms with E-state index < -0.39 is 29.3 Å². The summed E-state index contributed by atoms with van der Waals surface area (Å²) in [6, 6.07) is 15.7. The third-order valence-electron chi connectivity index (χ3n) is 7.00. The van der Waals surface area contributed by atoms with Crippen molar-refractivity contribution in [1.29, 1.82) is 5.26 Å². The Morgan fingerprint density at radius 3 is 2.51 bits per heavy atom. The van der Waals surface area contributed by atoms with Crippen LogP contribution in [0, 0.1) is 35.7 Å². The lowest BCUT2D eigenvalue weighted by Gasteiger charge is -2.13. The highest BCUT2D eigenvalue weighted by atomic mass is 19.1. The number of hydrogen-bond acceptors (Lipinski definition) is 6. The van der Waals surface area contributed by atoms with Gasteiger partial charge in [-0.2, -0.15) is 5.26 Å². The second-order valence-electron chi connectivity index (χ2n) is 9.81. The smallest absolute Gasteiger partial charge is 0.335 e. The van der Waals surface area contributed by atoms with Gasteiger partial charge in [0, 0.05) is 31.2 Å². The SMILES string of the molecule is COCCn1c(Cc2cc(F)c(-c3ccc(F)c(OCc4ccc(C#N)cc4F)n3)cc2C)nc2ccc(C(=O)O)cc21. The number of hydrogen-bond donors (Lipinski definition) is 1. The minimum absolute atomic E-state index is 0.104. The molecule has 43 heavy (non-hydrogen) atoms. The Balaban J connectivity index is 1.43. The molecule has 11 heteroatoms. The van der Waals surface area contributed by atoms with E-state index in [9.17, 15) is 18.7 Å². The highest BCUT2D eigenvalue weighted by molar-refractivity contribution is 5.92. The number of aromatic carboxylic acids is 1. The van der Waals surface area contributed by atoms with Gasteiger partial charge in [0.2, 0.25) is 0 Å². The van der Waals surface area contributed by atoms with Crippen molar-refractivity contribution in [3.05, 3.63) is 112 Å². The number of benzene rings is 3. The zero-order chi connectivity index (χ0) is 30.7. The highest BCUT2D eigenvalue weighted by Gasteiger charge is 2.18. The predicted octanol–water partition coefficient (Wildman–Crippen LogP) is 6.21. The van der Waals surface area contributed by atoms with Crippen molar-refractivity contribution < 1.29 is 32.5 Å². The molecule has 0 amide bonds. The van der Waals surface area contributed by atoms with Gasteiger partial charge in [-0.15, -0.1) is 0 Å². The third kappa shape index (κ3) is 6.19. The van der Waals surface area contributed by atoms with Gasteiger partial charge in [0.25, 0.3) is 5.88 Å². The molecule has 0 spiro atoms. The Bertz CT molecular complexity index is 1900. The maximum absolute atomic E-state index is 15.5. The van der Waals surface area contributed by atoms with Gasteiger partial charge >= 0.3 is 5.97 Å². The molecule has 2 aromatic heterocycles. The number of methoxy groups -OCH3 is 1. The van der Waals surface area contributed by atoms with E-state index >= 15 is 4.39 Å². The standard InChI is InChI=1S/C32H25F3N4O4/c1-18-11-23(27-8-6-24(33)31(38-27)43-17-21-4-3-19(16-36)12-25(21)34)26(35)13-22(18)15-30-37-28-7-5-20(32(40)41)14-29(28)39(30)9-10-42-2/h3-8,11-14H,9-10,15,17H2,1-2H3,(H,40,41). The van der Waals surface area contributed by atoms with Gasteiger partial charge in [-0.1, -0.05) is 6.07 Å². The Kier molecular flexibility index (Phi) is 8.41. The molecular weight excluding hydrogens is 561 g/mol. The van der Waals surface area contributed by atoms with Crippen LogP contribution in [0.4, 0.5) is 13.2 Å². The number of fused-ring (bicyclic) bond motifs is 1. The van der Waals surface area contributed by atoms with E-state index in [0.717, 1.165) is 17.7 Å². The minimum Gasteiger partial charge on any atom is -0.478 e. The number of imidazole rings is 1. The fourth-order valence-electron chi connectivity index (χ4n) is 4.71. The lowest BCUT2D eigenvalue weighted by molar-refractivity contribution is 0.0697. The van der Waals surface area contributed by atoms with Crippen LogP contribution < -0.4 is 4.74 Å². The number of carboxylic acid groups (broad SMARTS) is 1. The summed E-state index contributed by atoms with van der Waals surface area (Å²) in [6.07, 6.45) is 0.255. The van der Waals surface area contributed by atoms with Crippen LogP contribution in [-0.2, 0) is 24.3 Å². The average Bonchev–Trinajstić information content (AvgIpc) is 3.33. The van der Waals surface area contributed by atoms with Crippen LogP contribution >= 0.6 is 0 Å². The van der Waals surface area contributed by atoms with Crippen LogP contribution in [-0.4, -0.2) is 39.3 Å². The number of nitriles is 1. The van der Waals surface area contributed by atoms with Gasteiger partial charge in [-0.25, -0.2) is 27.9 Å². The lowest BCUT2D eigenvalue weighted by Crippen LogP contribution is -2.10. The summed E-state index contributed by atoms with van der Waals surface area (Å²) >= 11 is 0. The van der Waals surface area contributed by atoms with E-state index in [1.165, 1.54) is 30.3 Å². The van der Waals surface area contributed by atoms with Gasteiger partial charge < -0.3 is 19.1 Å². The van der Waals surface area contributed by atoms with Gasteiger partial charge in [-0.05, 0) is 72.6 Å². The molecule has 0 atom stereocenters. The number of carboxylic acids is 1.